The van der Waals surface area contributed by atoms with Gasteiger partial charge in [-0.05, 0) is 13.3 Å². The largest absolute Gasteiger partial charge is 0.411 e. The number of hydrogen-bond acceptors (Lipinski definition) is 3. The van der Waals surface area contributed by atoms with Crippen LogP contribution in [0.3, 0.4) is 0 Å². The van der Waals surface area contributed by atoms with Crippen LogP contribution in [-0.4, -0.2) is 24.1 Å². The first-order valence-corrected chi connectivity index (χ1v) is 3.19. The van der Waals surface area contributed by atoms with E-state index in [1.54, 1.807) is 6.08 Å². The molecule has 0 aliphatic heterocycles. The maximum Gasteiger partial charge on any atom is 0.0855 e. The fourth-order valence-corrected chi connectivity index (χ4v) is 0.543. The molecular formula is C7H13NO2. The standard InChI is InChI=1S/C7H13NO2/c1-3-4-7(2)10-6-5-8-9/h3,5,7,9H,1,4,6H2,2H3/b8-5+/t7-/m0/s1. The smallest absolute Gasteiger partial charge is 0.0855 e. The summed E-state index contributed by atoms with van der Waals surface area (Å²) in [7, 11) is 0. The van der Waals surface area contributed by atoms with Crippen LogP contribution in [0.15, 0.2) is 17.8 Å². The normalized spacial score (nSPS) is 13.7. The molecule has 0 rings (SSSR count). The minimum Gasteiger partial charge on any atom is -0.411 e. The molecule has 0 radical (unpaired) electrons. The Morgan fingerprint density at radius 2 is 2.50 bits per heavy atom. The van der Waals surface area contributed by atoms with Crippen molar-refractivity contribution in [3.05, 3.63) is 12.7 Å². The number of oxime groups is 1. The van der Waals surface area contributed by atoms with E-state index in [1.807, 2.05) is 6.92 Å². The molecule has 1 atom stereocenters. The summed E-state index contributed by atoms with van der Waals surface area (Å²) in [6, 6.07) is 0. The minimum absolute atomic E-state index is 0.149. The zero-order valence-electron chi connectivity index (χ0n) is 6.16. The topological polar surface area (TPSA) is 41.8 Å². The van der Waals surface area contributed by atoms with Gasteiger partial charge in [0.15, 0.2) is 0 Å². The monoisotopic (exact) mass is 143 g/mol. The Morgan fingerprint density at radius 1 is 1.80 bits per heavy atom. The molecule has 0 unspecified atom stereocenters. The SMILES string of the molecule is C=CC[C@H](C)OC/C=N/O. The highest BCUT2D eigenvalue weighted by Gasteiger charge is 1.95. The average Bonchev–Trinajstić information content (AvgIpc) is 1.89. The van der Waals surface area contributed by atoms with Crippen molar-refractivity contribution >= 4 is 6.21 Å². The second-order valence-corrected chi connectivity index (χ2v) is 1.97. The van der Waals surface area contributed by atoms with Crippen LogP contribution in [0.1, 0.15) is 13.3 Å². The third-order valence-corrected chi connectivity index (χ3v) is 1.04. The van der Waals surface area contributed by atoms with Gasteiger partial charge in [0, 0.05) is 0 Å². The zero-order valence-corrected chi connectivity index (χ0v) is 6.16. The summed E-state index contributed by atoms with van der Waals surface area (Å²) in [6.07, 6.45) is 4.06. The fourth-order valence-electron chi connectivity index (χ4n) is 0.543. The lowest BCUT2D eigenvalue weighted by atomic mass is 10.3. The van der Waals surface area contributed by atoms with Gasteiger partial charge in [0.05, 0.1) is 18.9 Å². The highest BCUT2D eigenvalue weighted by molar-refractivity contribution is 5.57. The van der Waals surface area contributed by atoms with E-state index >= 15 is 0 Å². The van der Waals surface area contributed by atoms with Gasteiger partial charge < -0.3 is 9.94 Å². The molecule has 1 N–H and O–H groups in total. The molecule has 58 valence electrons. The lowest BCUT2D eigenvalue weighted by Crippen LogP contribution is -2.08. The van der Waals surface area contributed by atoms with E-state index in [4.69, 9.17) is 9.94 Å². The number of rotatable bonds is 5. The van der Waals surface area contributed by atoms with Gasteiger partial charge in [-0.25, -0.2) is 0 Å². The highest BCUT2D eigenvalue weighted by Crippen LogP contribution is 1.95. The summed E-state index contributed by atoms with van der Waals surface area (Å²) in [5, 5.41) is 10.8. The van der Waals surface area contributed by atoms with Gasteiger partial charge in [-0.2, -0.15) is 0 Å². The van der Waals surface area contributed by atoms with Gasteiger partial charge in [0.1, 0.15) is 0 Å². The van der Waals surface area contributed by atoms with Crippen LogP contribution in [0.4, 0.5) is 0 Å². The lowest BCUT2D eigenvalue weighted by Gasteiger charge is -2.06. The highest BCUT2D eigenvalue weighted by atomic mass is 16.5. The molecule has 0 fully saturated rings. The summed E-state index contributed by atoms with van der Waals surface area (Å²) < 4.78 is 5.14. The molecule has 0 aliphatic rings. The Labute approximate surface area is 61.0 Å². The molecule has 0 aromatic rings. The molecule has 0 heterocycles. The van der Waals surface area contributed by atoms with Crippen LogP contribution in [0.2, 0.25) is 0 Å². The summed E-state index contributed by atoms with van der Waals surface area (Å²) >= 11 is 0. The number of ether oxygens (including phenoxy) is 1. The molecule has 0 bridgehead atoms. The zero-order chi connectivity index (χ0) is 7.82. The minimum atomic E-state index is 0.149. The Balaban J connectivity index is 3.20. The van der Waals surface area contributed by atoms with Crippen molar-refractivity contribution in [1.82, 2.24) is 0 Å². The summed E-state index contributed by atoms with van der Waals surface area (Å²) in [5.41, 5.74) is 0. The van der Waals surface area contributed by atoms with Gasteiger partial charge in [-0.1, -0.05) is 11.2 Å². The van der Waals surface area contributed by atoms with Gasteiger partial charge >= 0.3 is 0 Å². The van der Waals surface area contributed by atoms with Gasteiger partial charge in [0.2, 0.25) is 0 Å². The van der Waals surface area contributed by atoms with Crippen molar-refractivity contribution in [3.8, 4) is 0 Å². The van der Waals surface area contributed by atoms with Crippen LogP contribution in [0.5, 0.6) is 0 Å². The first kappa shape index (κ1) is 9.17. The Bertz CT molecular complexity index is 112. The Kier molecular flexibility index (Phi) is 5.77. The third-order valence-electron chi connectivity index (χ3n) is 1.04. The molecule has 0 saturated heterocycles. The first-order valence-electron chi connectivity index (χ1n) is 3.19. The van der Waals surface area contributed by atoms with Crippen LogP contribution in [0.25, 0.3) is 0 Å². The van der Waals surface area contributed by atoms with E-state index in [9.17, 15) is 0 Å². The molecule has 10 heavy (non-hydrogen) atoms. The predicted molar refractivity (Wildman–Crippen MR) is 40.5 cm³/mol. The van der Waals surface area contributed by atoms with E-state index in [-0.39, 0.29) is 6.10 Å². The van der Waals surface area contributed by atoms with Crippen molar-refractivity contribution in [2.45, 2.75) is 19.4 Å². The predicted octanol–water partition coefficient (Wildman–Crippen LogP) is 1.43. The van der Waals surface area contributed by atoms with Crippen LogP contribution in [-0.2, 0) is 4.74 Å². The van der Waals surface area contributed by atoms with Crippen molar-refractivity contribution in [2.24, 2.45) is 5.16 Å². The molecule has 3 heteroatoms. The molecule has 0 aromatic carbocycles. The van der Waals surface area contributed by atoms with E-state index in [0.717, 1.165) is 6.42 Å². The molecular weight excluding hydrogens is 130 g/mol. The second kappa shape index (κ2) is 6.29. The van der Waals surface area contributed by atoms with E-state index in [2.05, 4.69) is 11.7 Å². The Hall–Kier alpha value is -0.830. The fraction of sp³-hybridized carbons (Fsp3) is 0.571. The van der Waals surface area contributed by atoms with E-state index in [0.29, 0.717) is 6.61 Å². The van der Waals surface area contributed by atoms with Gasteiger partial charge in [-0.3, -0.25) is 0 Å². The first-order chi connectivity index (χ1) is 4.81. The summed E-state index contributed by atoms with van der Waals surface area (Å²) in [6.45, 7) is 5.86. The summed E-state index contributed by atoms with van der Waals surface area (Å²) in [4.78, 5) is 0. The van der Waals surface area contributed by atoms with Gasteiger partial charge in [0.25, 0.3) is 0 Å². The second-order valence-electron chi connectivity index (χ2n) is 1.97. The average molecular weight is 143 g/mol. The van der Waals surface area contributed by atoms with Crippen LogP contribution >= 0.6 is 0 Å². The van der Waals surface area contributed by atoms with Crippen molar-refractivity contribution in [3.63, 3.8) is 0 Å². The molecule has 0 saturated carbocycles. The molecule has 0 aromatic heterocycles. The van der Waals surface area contributed by atoms with E-state index < -0.39 is 0 Å². The lowest BCUT2D eigenvalue weighted by molar-refractivity contribution is 0.0991. The quantitative estimate of drug-likeness (QED) is 0.274. The molecule has 0 spiro atoms. The number of nitrogens with zero attached hydrogens (tertiary/aromatic N) is 1. The van der Waals surface area contributed by atoms with Crippen molar-refractivity contribution in [2.75, 3.05) is 6.61 Å². The Morgan fingerprint density at radius 3 is 3.00 bits per heavy atom. The summed E-state index contributed by atoms with van der Waals surface area (Å²) in [5.74, 6) is 0. The molecule has 0 amide bonds. The van der Waals surface area contributed by atoms with Crippen LogP contribution in [0, 0.1) is 0 Å². The molecule has 0 aliphatic carbocycles. The maximum absolute atomic E-state index is 7.98. The van der Waals surface area contributed by atoms with Crippen molar-refractivity contribution in [1.29, 1.82) is 0 Å². The maximum atomic E-state index is 7.98. The third kappa shape index (κ3) is 5.31. The van der Waals surface area contributed by atoms with E-state index in [1.165, 1.54) is 6.21 Å². The van der Waals surface area contributed by atoms with Crippen molar-refractivity contribution < 1.29 is 9.94 Å². The molecule has 3 nitrogen and oxygen atoms in total. The number of hydrogen-bond donors (Lipinski definition) is 1. The van der Waals surface area contributed by atoms with Gasteiger partial charge in [-0.15, -0.1) is 6.58 Å². The van der Waals surface area contributed by atoms with Crippen LogP contribution < -0.4 is 0 Å².